The lowest BCUT2D eigenvalue weighted by atomic mass is 10.2. The third-order valence-electron chi connectivity index (χ3n) is 10.00. The molecule has 0 unspecified atom stereocenters. The topological polar surface area (TPSA) is 111 Å². The van der Waals surface area contributed by atoms with Crippen molar-refractivity contribution in [1.29, 1.82) is 0 Å². The molecule has 8 rings (SSSR count). The van der Waals surface area contributed by atoms with Crippen LogP contribution in [0.5, 0.6) is 0 Å². The van der Waals surface area contributed by atoms with Gasteiger partial charge in [0.1, 0.15) is 12.3 Å². The van der Waals surface area contributed by atoms with Crippen molar-refractivity contribution in [3.8, 4) is 11.4 Å². The Balaban J connectivity index is 0.999. The quantitative estimate of drug-likeness (QED) is 0.412. The highest BCUT2D eigenvalue weighted by Crippen LogP contribution is 2.38. The van der Waals surface area contributed by atoms with Crippen LogP contribution in [0.1, 0.15) is 12.8 Å². The third kappa shape index (κ3) is 5.93. The number of urea groups is 1. The van der Waals surface area contributed by atoms with Crippen LogP contribution in [0.25, 0.3) is 11.4 Å². The number of carbonyl (C=O) groups is 1. The Morgan fingerprint density at radius 3 is 1.74 bits per heavy atom. The van der Waals surface area contributed by atoms with E-state index in [-0.39, 0.29) is 31.3 Å². The number of ether oxygens (including phenoxy) is 2. The van der Waals surface area contributed by atoms with E-state index in [1.165, 1.54) is 0 Å². The maximum absolute atomic E-state index is 15.0. The molecular weight excluding hydrogens is 608 g/mol. The summed E-state index contributed by atoms with van der Waals surface area (Å²) in [5, 5.41) is 5.78. The number of nitrogens with zero attached hydrogens (tertiary/aromatic N) is 7. The summed E-state index contributed by atoms with van der Waals surface area (Å²) in [7, 11) is 2.13. The highest BCUT2D eigenvalue weighted by Gasteiger charge is 2.49. The number of halogens is 2. The SMILES string of the molecule is CN1CCN(c2ccc(NC(=O)Nc3ccc(-c4nc(N5[C@@H]6COC[C@H]5[C@H](F)C6)nc(N5[C@@H]6COC[C@H]5[C@H](F)C6)n4)cc3)cc2)CC1. The summed E-state index contributed by atoms with van der Waals surface area (Å²) in [6, 6.07) is 13.4. The molecule has 0 saturated carbocycles. The summed E-state index contributed by atoms with van der Waals surface area (Å²) < 4.78 is 41.2. The molecule has 4 bridgehead atoms. The van der Waals surface area contributed by atoms with Crippen molar-refractivity contribution < 1.29 is 23.0 Å². The fourth-order valence-corrected chi connectivity index (χ4v) is 7.42. The molecule has 2 aromatic carbocycles. The summed E-state index contributed by atoms with van der Waals surface area (Å²) in [5.74, 6) is 1.12. The number of carbonyl (C=O) groups excluding carboxylic acids is 1. The van der Waals surface area contributed by atoms with Crippen LogP contribution in [0, 0.1) is 0 Å². The van der Waals surface area contributed by atoms with Crippen LogP contribution in [-0.2, 0) is 9.47 Å². The molecule has 47 heavy (non-hydrogen) atoms. The number of aromatic nitrogens is 3. The smallest absolute Gasteiger partial charge is 0.323 e. The van der Waals surface area contributed by atoms with Crippen LogP contribution in [0.2, 0.25) is 0 Å². The van der Waals surface area contributed by atoms with Crippen molar-refractivity contribution in [2.75, 3.05) is 85.0 Å². The number of likely N-dealkylation sites (N-methyl/N-ethyl adjacent to an activating group) is 1. The minimum atomic E-state index is -1.05. The molecule has 5 saturated heterocycles. The molecule has 1 aromatic heterocycles. The summed E-state index contributed by atoms with van der Waals surface area (Å²) in [6.07, 6.45) is -1.40. The van der Waals surface area contributed by atoms with E-state index in [4.69, 9.17) is 24.4 Å². The van der Waals surface area contributed by atoms with Crippen LogP contribution < -0.4 is 25.3 Å². The van der Waals surface area contributed by atoms with Gasteiger partial charge in [-0.05, 0) is 55.6 Å². The first-order valence-corrected chi connectivity index (χ1v) is 16.4. The predicted octanol–water partition coefficient (Wildman–Crippen LogP) is 3.57. The zero-order valence-corrected chi connectivity index (χ0v) is 26.3. The molecule has 14 heteroatoms. The molecule has 6 heterocycles. The van der Waals surface area contributed by atoms with Gasteiger partial charge in [-0.1, -0.05) is 0 Å². The molecule has 0 radical (unpaired) electrons. The molecule has 2 N–H and O–H groups in total. The second-order valence-electron chi connectivity index (χ2n) is 13.1. The zero-order valence-electron chi connectivity index (χ0n) is 26.3. The average molecular weight is 648 g/mol. The lowest BCUT2D eigenvalue weighted by Crippen LogP contribution is -2.50. The van der Waals surface area contributed by atoms with E-state index in [0.717, 1.165) is 31.9 Å². The molecule has 5 aliphatic heterocycles. The number of benzene rings is 2. The van der Waals surface area contributed by atoms with Crippen molar-refractivity contribution in [3.63, 3.8) is 0 Å². The van der Waals surface area contributed by atoms with Gasteiger partial charge in [-0.3, -0.25) is 0 Å². The van der Waals surface area contributed by atoms with E-state index in [1.54, 1.807) is 12.1 Å². The maximum atomic E-state index is 15.0. The third-order valence-corrected chi connectivity index (χ3v) is 10.00. The van der Waals surface area contributed by atoms with Crippen molar-refractivity contribution in [1.82, 2.24) is 19.9 Å². The van der Waals surface area contributed by atoms with Crippen molar-refractivity contribution in [3.05, 3.63) is 48.5 Å². The Labute approximate surface area is 272 Å². The molecular formula is C33H39F2N9O3. The van der Waals surface area contributed by atoms with Crippen LogP contribution in [0.15, 0.2) is 48.5 Å². The number of fused-ring (bicyclic) bond motifs is 4. The Bertz CT molecular complexity index is 1540. The van der Waals surface area contributed by atoms with E-state index in [9.17, 15) is 13.6 Å². The van der Waals surface area contributed by atoms with Crippen molar-refractivity contribution >= 4 is 35.0 Å². The highest BCUT2D eigenvalue weighted by molar-refractivity contribution is 6.00. The Morgan fingerprint density at radius 1 is 0.723 bits per heavy atom. The first-order valence-electron chi connectivity index (χ1n) is 16.4. The van der Waals surface area contributed by atoms with Crippen LogP contribution in [0.3, 0.4) is 0 Å². The van der Waals surface area contributed by atoms with Crippen LogP contribution >= 0.6 is 0 Å². The van der Waals surface area contributed by atoms with Crippen molar-refractivity contribution in [2.45, 2.75) is 49.4 Å². The molecule has 12 nitrogen and oxygen atoms in total. The Morgan fingerprint density at radius 2 is 1.23 bits per heavy atom. The van der Waals surface area contributed by atoms with Gasteiger partial charge in [0.2, 0.25) is 11.9 Å². The largest absolute Gasteiger partial charge is 0.377 e. The number of hydrogen-bond acceptors (Lipinski definition) is 10. The lowest BCUT2D eigenvalue weighted by Gasteiger charge is -2.37. The fraction of sp³-hybridized carbons (Fsp3) is 0.515. The van der Waals surface area contributed by atoms with Gasteiger partial charge in [-0.25, -0.2) is 13.6 Å². The van der Waals surface area contributed by atoms with E-state index in [1.807, 2.05) is 46.2 Å². The molecule has 0 spiro atoms. The standard InChI is InChI=1S/C33H39F2N9O3/c1-41-10-12-42(13-11-41)23-8-6-22(7-9-23)37-33(45)36-21-4-2-20(3-5-21)30-38-31(43-24-14-26(34)28(43)18-46-16-24)40-32(39-30)44-25-15-27(35)29(44)19-47-17-25/h2-9,24-29H,10-19H2,1H3,(H2,36,37,45)/t24-,25-,26+,27+,28-,29-/m0/s1. The van der Waals surface area contributed by atoms with Gasteiger partial charge in [0, 0.05) is 61.6 Å². The number of morpholine rings is 2. The van der Waals surface area contributed by atoms with Gasteiger partial charge in [-0.15, -0.1) is 0 Å². The molecule has 3 aromatic rings. The molecule has 5 aliphatic rings. The van der Waals surface area contributed by atoms with Gasteiger partial charge in [0.15, 0.2) is 5.82 Å². The summed E-state index contributed by atoms with van der Waals surface area (Å²) >= 11 is 0. The summed E-state index contributed by atoms with van der Waals surface area (Å²) in [6.45, 7) is 5.31. The number of hydrogen-bond donors (Lipinski definition) is 2. The van der Waals surface area contributed by atoms with E-state index >= 15 is 0 Å². The minimum absolute atomic E-state index is 0.185. The second-order valence-corrected chi connectivity index (χ2v) is 13.1. The van der Waals surface area contributed by atoms with E-state index < -0.39 is 24.4 Å². The highest BCUT2D eigenvalue weighted by atomic mass is 19.1. The predicted molar refractivity (Wildman–Crippen MR) is 175 cm³/mol. The minimum Gasteiger partial charge on any atom is -0.377 e. The zero-order chi connectivity index (χ0) is 32.1. The number of alkyl halides is 2. The summed E-state index contributed by atoms with van der Waals surface area (Å²) in [5.41, 5.74) is 3.12. The van der Waals surface area contributed by atoms with E-state index in [2.05, 4.69) is 27.5 Å². The molecule has 2 amide bonds. The molecule has 248 valence electrons. The van der Waals surface area contributed by atoms with Crippen molar-refractivity contribution in [2.24, 2.45) is 0 Å². The number of piperazine rings is 1. The molecule has 0 aliphatic carbocycles. The molecule has 5 fully saturated rings. The number of amides is 2. The Hall–Kier alpha value is -4.14. The van der Waals surface area contributed by atoms with E-state index in [0.29, 0.717) is 60.7 Å². The van der Waals surface area contributed by atoms with Crippen LogP contribution in [-0.4, -0.2) is 122 Å². The average Bonchev–Trinajstić information content (AvgIpc) is 3.39. The van der Waals surface area contributed by atoms with Gasteiger partial charge in [0.25, 0.3) is 0 Å². The number of nitrogens with one attached hydrogen (secondary N) is 2. The van der Waals surface area contributed by atoms with Gasteiger partial charge >= 0.3 is 6.03 Å². The lowest BCUT2D eigenvalue weighted by molar-refractivity contribution is 0.0810. The second kappa shape index (κ2) is 12.5. The molecule has 6 atom stereocenters. The first-order chi connectivity index (χ1) is 22.9. The normalized spacial score (nSPS) is 28.9. The van der Waals surface area contributed by atoms with Gasteiger partial charge < -0.3 is 39.7 Å². The van der Waals surface area contributed by atoms with Gasteiger partial charge in [0.05, 0.1) is 50.6 Å². The summed E-state index contributed by atoms with van der Waals surface area (Å²) in [4.78, 5) is 35.7. The number of anilines is 5. The number of rotatable bonds is 6. The maximum Gasteiger partial charge on any atom is 0.323 e. The van der Waals surface area contributed by atoms with Crippen LogP contribution in [0.4, 0.5) is 42.5 Å². The van der Waals surface area contributed by atoms with Gasteiger partial charge in [-0.2, -0.15) is 15.0 Å². The monoisotopic (exact) mass is 647 g/mol. The Kier molecular flexibility index (Phi) is 8.02. The fourth-order valence-electron chi connectivity index (χ4n) is 7.42. The first kappa shape index (κ1) is 30.2.